The lowest BCUT2D eigenvalue weighted by atomic mass is 10.1. The number of benzene rings is 1. The number of nitrogens with one attached hydrogen (secondary N) is 3. The zero-order valence-corrected chi connectivity index (χ0v) is 13.8. The van der Waals surface area contributed by atoms with Crippen molar-refractivity contribution in [2.24, 2.45) is 5.92 Å². The first-order valence-corrected chi connectivity index (χ1v) is 7.57. The number of tetrazole rings is 1. The summed E-state index contributed by atoms with van der Waals surface area (Å²) in [7, 11) is 0. The van der Waals surface area contributed by atoms with Crippen LogP contribution in [0.5, 0.6) is 0 Å². The van der Waals surface area contributed by atoms with Gasteiger partial charge < -0.3 is 10.6 Å². The molecular weight excluding hydrogens is 306 g/mol. The summed E-state index contributed by atoms with van der Waals surface area (Å²) < 4.78 is 0. The number of carbonyl (C=O) groups is 1. The van der Waals surface area contributed by atoms with Crippen molar-refractivity contribution in [3.8, 4) is 6.07 Å². The van der Waals surface area contributed by atoms with Gasteiger partial charge in [0.15, 0.2) is 0 Å². The lowest BCUT2D eigenvalue weighted by Crippen LogP contribution is -2.20. The van der Waals surface area contributed by atoms with E-state index in [1.54, 1.807) is 0 Å². The third kappa shape index (κ3) is 3.95. The molecule has 0 radical (unpaired) electrons. The number of rotatable bonds is 6. The first kappa shape index (κ1) is 17.1. The molecule has 24 heavy (non-hydrogen) atoms. The van der Waals surface area contributed by atoms with Gasteiger partial charge in [-0.1, -0.05) is 19.9 Å². The first-order valence-electron chi connectivity index (χ1n) is 7.57. The van der Waals surface area contributed by atoms with Crippen molar-refractivity contribution in [2.75, 3.05) is 10.6 Å². The molecule has 1 heterocycles. The molecule has 124 valence electrons. The predicted octanol–water partition coefficient (Wildman–Crippen LogP) is 2.47. The van der Waals surface area contributed by atoms with Gasteiger partial charge in [0.1, 0.15) is 11.6 Å². The molecule has 1 unspecified atom stereocenters. The van der Waals surface area contributed by atoms with Gasteiger partial charge in [0.2, 0.25) is 11.7 Å². The number of hydrogen-bond acceptors (Lipinski definition) is 6. The monoisotopic (exact) mass is 325 g/mol. The maximum absolute atomic E-state index is 12.1. The highest BCUT2D eigenvalue weighted by molar-refractivity contribution is 5.94. The van der Waals surface area contributed by atoms with Crippen molar-refractivity contribution in [3.63, 3.8) is 0 Å². The van der Waals surface area contributed by atoms with Gasteiger partial charge in [0.05, 0.1) is 0 Å². The number of carbonyl (C=O) groups excluding carboxylic acids is 1. The molecule has 2 aromatic rings. The number of H-pyrrole nitrogens is 1. The fraction of sp³-hybridized carbons (Fsp3) is 0.312. The Morgan fingerprint density at radius 1 is 1.46 bits per heavy atom. The lowest BCUT2D eigenvalue weighted by Gasteiger charge is -2.14. The maximum Gasteiger partial charge on any atom is 0.227 e. The van der Waals surface area contributed by atoms with Gasteiger partial charge in [-0.05, 0) is 36.3 Å². The Kier molecular flexibility index (Phi) is 5.63. The van der Waals surface area contributed by atoms with Gasteiger partial charge in [-0.2, -0.15) is 10.5 Å². The van der Waals surface area contributed by atoms with Crippen molar-refractivity contribution < 1.29 is 4.79 Å². The Bertz CT molecular complexity index is 774. The largest absolute Gasteiger partial charge is 0.360 e. The summed E-state index contributed by atoms with van der Waals surface area (Å²) in [5.41, 5.74) is 2.62. The smallest absolute Gasteiger partial charge is 0.227 e. The number of nitriles is 1. The number of nitrogens with zero attached hydrogens (tertiary/aromatic N) is 4. The van der Waals surface area contributed by atoms with E-state index < -0.39 is 0 Å². The minimum Gasteiger partial charge on any atom is -0.360 e. The van der Waals surface area contributed by atoms with Gasteiger partial charge >= 0.3 is 0 Å². The Morgan fingerprint density at radius 3 is 2.83 bits per heavy atom. The Hall–Kier alpha value is -3.21. The van der Waals surface area contributed by atoms with Crippen LogP contribution in [0.2, 0.25) is 0 Å². The summed E-state index contributed by atoms with van der Waals surface area (Å²) >= 11 is 0. The summed E-state index contributed by atoms with van der Waals surface area (Å²) in [5, 5.41) is 28.4. The summed E-state index contributed by atoms with van der Waals surface area (Å²) in [5.74, 6) is 0.144. The van der Waals surface area contributed by atoms with E-state index in [-0.39, 0.29) is 23.2 Å². The average Bonchev–Trinajstić information content (AvgIpc) is 3.12. The van der Waals surface area contributed by atoms with Crippen LogP contribution in [-0.2, 0) is 4.79 Å². The number of hydrogen-bond donors (Lipinski definition) is 3. The van der Waals surface area contributed by atoms with E-state index in [2.05, 4.69) is 31.3 Å². The highest BCUT2D eigenvalue weighted by Gasteiger charge is 2.13. The Balaban J connectivity index is 2.19. The molecule has 0 saturated heterocycles. The summed E-state index contributed by atoms with van der Waals surface area (Å²) in [6.07, 6.45) is 2.29. The predicted molar refractivity (Wildman–Crippen MR) is 90.7 cm³/mol. The SMILES string of the molecule is CCC(C)C(=O)Nc1cccc(NC=C(C#N)c2nn[nH]n2)c1C. The second-order valence-corrected chi connectivity index (χ2v) is 5.33. The fourth-order valence-electron chi connectivity index (χ4n) is 1.94. The average molecular weight is 325 g/mol. The molecule has 3 N–H and O–H groups in total. The number of amides is 1. The topological polar surface area (TPSA) is 119 Å². The Labute approximate surface area is 140 Å². The molecule has 0 aliphatic heterocycles. The molecule has 8 nitrogen and oxygen atoms in total. The number of aromatic nitrogens is 4. The number of anilines is 2. The van der Waals surface area contributed by atoms with Crippen LogP contribution >= 0.6 is 0 Å². The van der Waals surface area contributed by atoms with E-state index in [1.807, 2.05) is 45.0 Å². The maximum atomic E-state index is 12.1. The van der Waals surface area contributed by atoms with Crippen LogP contribution in [-0.4, -0.2) is 26.5 Å². The number of allylic oxidation sites excluding steroid dienone is 1. The molecule has 2 rings (SSSR count). The second kappa shape index (κ2) is 7.87. The molecule has 0 fully saturated rings. The fourth-order valence-corrected chi connectivity index (χ4v) is 1.94. The van der Waals surface area contributed by atoms with Crippen molar-refractivity contribution >= 4 is 22.9 Å². The van der Waals surface area contributed by atoms with Gasteiger partial charge in [0, 0.05) is 23.5 Å². The number of aromatic amines is 1. The molecule has 0 bridgehead atoms. The molecule has 1 atom stereocenters. The minimum absolute atomic E-state index is 0.0159. The van der Waals surface area contributed by atoms with Crippen LogP contribution in [0.25, 0.3) is 5.57 Å². The van der Waals surface area contributed by atoms with Crippen molar-refractivity contribution in [1.29, 1.82) is 5.26 Å². The summed E-state index contributed by atoms with van der Waals surface area (Å²) in [6, 6.07) is 7.54. The standard InChI is InChI=1S/C16H19N7O/c1-4-10(2)16(24)19-14-7-5-6-13(11(14)3)18-9-12(8-17)15-20-22-23-21-15/h5-7,9-10,18H,4H2,1-3H3,(H,19,24)(H,20,21,22,23). The second-order valence-electron chi connectivity index (χ2n) is 5.33. The van der Waals surface area contributed by atoms with Crippen LogP contribution in [0.15, 0.2) is 24.4 Å². The molecule has 0 aliphatic rings. The van der Waals surface area contributed by atoms with Crippen molar-refractivity contribution in [3.05, 3.63) is 35.8 Å². The molecule has 8 heteroatoms. The first-order chi connectivity index (χ1) is 11.6. The highest BCUT2D eigenvalue weighted by Crippen LogP contribution is 2.24. The minimum atomic E-state index is -0.0515. The summed E-state index contributed by atoms with van der Waals surface area (Å²) in [6.45, 7) is 5.75. The molecule has 1 amide bonds. The van der Waals surface area contributed by atoms with E-state index in [1.165, 1.54) is 6.20 Å². The van der Waals surface area contributed by atoms with Gasteiger partial charge in [-0.15, -0.1) is 10.2 Å². The molecule has 0 spiro atoms. The summed E-state index contributed by atoms with van der Waals surface area (Å²) in [4.78, 5) is 12.1. The lowest BCUT2D eigenvalue weighted by molar-refractivity contribution is -0.119. The molecule has 0 saturated carbocycles. The van der Waals surface area contributed by atoms with E-state index in [4.69, 9.17) is 5.26 Å². The molecule has 0 aliphatic carbocycles. The highest BCUT2D eigenvalue weighted by atomic mass is 16.1. The third-order valence-electron chi connectivity index (χ3n) is 3.73. The van der Waals surface area contributed by atoms with Gasteiger partial charge in [-0.25, -0.2) is 0 Å². The van der Waals surface area contributed by atoms with E-state index in [0.29, 0.717) is 0 Å². The quantitative estimate of drug-likeness (QED) is 0.702. The van der Waals surface area contributed by atoms with Gasteiger partial charge in [-0.3, -0.25) is 4.79 Å². The normalized spacial score (nSPS) is 12.3. The third-order valence-corrected chi connectivity index (χ3v) is 3.73. The van der Waals surface area contributed by atoms with Gasteiger partial charge in [0.25, 0.3) is 0 Å². The van der Waals surface area contributed by atoms with Crippen LogP contribution in [0, 0.1) is 24.2 Å². The van der Waals surface area contributed by atoms with Crippen LogP contribution in [0.3, 0.4) is 0 Å². The van der Waals surface area contributed by atoms with Crippen molar-refractivity contribution in [2.45, 2.75) is 27.2 Å². The zero-order valence-electron chi connectivity index (χ0n) is 13.8. The van der Waals surface area contributed by atoms with E-state index in [0.717, 1.165) is 23.4 Å². The molecule has 1 aromatic carbocycles. The van der Waals surface area contributed by atoms with Crippen LogP contribution < -0.4 is 10.6 Å². The zero-order chi connectivity index (χ0) is 17.5. The van der Waals surface area contributed by atoms with Crippen molar-refractivity contribution in [1.82, 2.24) is 20.6 Å². The van der Waals surface area contributed by atoms with Crippen LogP contribution in [0.1, 0.15) is 31.7 Å². The van der Waals surface area contributed by atoms with E-state index in [9.17, 15) is 4.79 Å². The molecule has 1 aromatic heterocycles. The van der Waals surface area contributed by atoms with E-state index >= 15 is 0 Å². The molecular formula is C16H19N7O. The Morgan fingerprint density at radius 2 is 2.21 bits per heavy atom. The van der Waals surface area contributed by atoms with Crippen LogP contribution in [0.4, 0.5) is 11.4 Å².